The summed E-state index contributed by atoms with van der Waals surface area (Å²) >= 11 is 0. The highest BCUT2D eigenvalue weighted by Gasteiger charge is 2.13. The zero-order valence-corrected chi connectivity index (χ0v) is 20.1. The van der Waals surface area contributed by atoms with Crippen LogP contribution in [0.3, 0.4) is 0 Å². The minimum Gasteiger partial charge on any atom is -0.364 e. The molecule has 1 aromatic heterocycles. The second kappa shape index (κ2) is 19.0. The van der Waals surface area contributed by atoms with Crippen LogP contribution in [0, 0.1) is 0 Å². The van der Waals surface area contributed by atoms with E-state index in [0.717, 1.165) is 0 Å². The molecule has 168 valence electrons. The average molecular weight is 402 g/mol. The van der Waals surface area contributed by atoms with Gasteiger partial charge in [0.15, 0.2) is 0 Å². The Balaban J connectivity index is 2.16. The smallest absolute Gasteiger partial charge is 0.0219 e. The number of aromatic nitrogens is 1. The number of rotatable bonds is 20. The van der Waals surface area contributed by atoms with Crippen LogP contribution in [0.15, 0.2) is 30.0 Å². The van der Waals surface area contributed by atoms with E-state index in [9.17, 15) is 0 Å². The molecule has 0 radical (unpaired) electrons. The van der Waals surface area contributed by atoms with E-state index in [1.54, 1.807) is 5.57 Å². The molecule has 1 heterocycles. The molecule has 0 amide bonds. The predicted molar refractivity (Wildman–Crippen MR) is 132 cm³/mol. The van der Waals surface area contributed by atoms with Crippen LogP contribution in [-0.4, -0.2) is 4.98 Å². The molecule has 0 spiro atoms. The number of hydrogen-bond acceptors (Lipinski definition) is 0. The first-order valence-electron chi connectivity index (χ1n) is 13.1. The van der Waals surface area contributed by atoms with Crippen LogP contribution in [0.1, 0.15) is 148 Å². The summed E-state index contributed by atoms with van der Waals surface area (Å²) in [6.45, 7) is 6.94. The van der Waals surface area contributed by atoms with Gasteiger partial charge in [-0.3, -0.25) is 0 Å². The van der Waals surface area contributed by atoms with Crippen LogP contribution in [0.25, 0.3) is 0 Å². The molecule has 1 rings (SSSR count). The minimum atomic E-state index is 0.597. The molecule has 0 saturated heterocycles. The fourth-order valence-electron chi connectivity index (χ4n) is 4.42. The SMILES string of the molecule is CCCCCCC=C(C)C(CCCCCCCCCCCCCC)c1ccc[nH]1. The van der Waals surface area contributed by atoms with Gasteiger partial charge in [0.05, 0.1) is 0 Å². The third kappa shape index (κ3) is 13.8. The molecular formula is C28H51N. The maximum Gasteiger partial charge on any atom is 0.0219 e. The molecular weight excluding hydrogens is 350 g/mol. The van der Waals surface area contributed by atoms with Crippen LogP contribution in [0.4, 0.5) is 0 Å². The highest BCUT2D eigenvalue weighted by Crippen LogP contribution is 2.29. The normalized spacial score (nSPS) is 13.1. The second-order valence-electron chi connectivity index (χ2n) is 9.15. The fourth-order valence-corrected chi connectivity index (χ4v) is 4.42. The lowest BCUT2D eigenvalue weighted by Crippen LogP contribution is -2.02. The Morgan fingerprint density at radius 2 is 1.28 bits per heavy atom. The van der Waals surface area contributed by atoms with Gasteiger partial charge in [-0.05, 0) is 38.3 Å². The van der Waals surface area contributed by atoms with Crippen molar-refractivity contribution >= 4 is 0 Å². The minimum absolute atomic E-state index is 0.597. The number of H-pyrrole nitrogens is 1. The van der Waals surface area contributed by atoms with Crippen molar-refractivity contribution in [3.8, 4) is 0 Å². The van der Waals surface area contributed by atoms with Crippen LogP contribution in [0.5, 0.6) is 0 Å². The average Bonchev–Trinajstić information content (AvgIpc) is 3.25. The summed E-state index contributed by atoms with van der Waals surface area (Å²) in [6.07, 6.45) is 29.7. The highest BCUT2D eigenvalue weighted by molar-refractivity contribution is 5.22. The van der Waals surface area contributed by atoms with Gasteiger partial charge in [-0.1, -0.05) is 122 Å². The molecule has 1 unspecified atom stereocenters. The molecule has 0 aliphatic carbocycles. The van der Waals surface area contributed by atoms with Crippen molar-refractivity contribution in [2.24, 2.45) is 0 Å². The van der Waals surface area contributed by atoms with Gasteiger partial charge in [-0.25, -0.2) is 0 Å². The monoisotopic (exact) mass is 401 g/mol. The zero-order chi connectivity index (χ0) is 21.0. The first-order valence-corrected chi connectivity index (χ1v) is 13.1. The lowest BCUT2D eigenvalue weighted by Gasteiger charge is -2.17. The number of allylic oxidation sites excluding steroid dienone is 2. The van der Waals surface area contributed by atoms with Crippen LogP contribution in [0.2, 0.25) is 0 Å². The van der Waals surface area contributed by atoms with Crippen molar-refractivity contribution < 1.29 is 0 Å². The summed E-state index contributed by atoms with van der Waals surface area (Å²) in [7, 11) is 0. The van der Waals surface area contributed by atoms with Crippen LogP contribution >= 0.6 is 0 Å². The standard InChI is InChI=1S/C28H51N/c1-4-6-8-10-11-12-13-14-15-16-18-20-23-27(28-24-21-25-29-28)26(3)22-19-17-9-7-5-2/h21-22,24-25,27,29H,4-20,23H2,1-3H3. The first-order chi connectivity index (χ1) is 14.3. The summed E-state index contributed by atoms with van der Waals surface area (Å²) in [5, 5.41) is 0. The molecule has 1 heteroatoms. The Morgan fingerprint density at radius 3 is 1.79 bits per heavy atom. The molecule has 0 fully saturated rings. The molecule has 0 saturated carbocycles. The summed E-state index contributed by atoms with van der Waals surface area (Å²) in [5.41, 5.74) is 2.99. The van der Waals surface area contributed by atoms with E-state index in [1.807, 2.05) is 0 Å². The van der Waals surface area contributed by atoms with E-state index in [0.29, 0.717) is 5.92 Å². The molecule has 1 atom stereocenters. The molecule has 0 aliphatic rings. The largest absolute Gasteiger partial charge is 0.364 e. The quantitative estimate of drug-likeness (QED) is 0.165. The van der Waals surface area contributed by atoms with Crippen molar-refractivity contribution in [3.05, 3.63) is 35.7 Å². The Kier molecular flexibility index (Phi) is 17.1. The van der Waals surface area contributed by atoms with Gasteiger partial charge in [-0.15, -0.1) is 0 Å². The number of hydrogen-bond donors (Lipinski definition) is 1. The molecule has 29 heavy (non-hydrogen) atoms. The third-order valence-corrected chi connectivity index (χ3v) is 6.42. The lowest BCUT2D eigenvalue weighted by molar-refractivity contribution is 0.530. The fraction of sp³-hybridized carbons (Fsp3) is 0.786. The number of aromatic amines is 1. The Labute approximate surface area is 183 Å². The number of unbranched alkanes of at least 4 members (excludes halogenated alkanes) is 15. The Morgan fingerprint density at radius 1 is 0.759 bits per heavy atom. The van der Waals surface area contributed by atoms with E-state index in [4.69, 9.17) is 0 Å². The van der Waals surface area contributed by atoms with E-state index in [1.165, 1.54) is 121 Å². The third-order valence-electron chi connectivity index (χ3n) is 6.42. The van der Waals surface area contributed by atoms with Gasteiger partial charge < -0.3 is 4.98 Å². The van der Waals surface area contributed by atoms with Crippen molar-refractivity contribution in [3.63, 3.8) is 0 Å². The van der Waals surface area contributed by atoms with E-state index < -0.39 is 0 Å². The summed E-state index contributed by atoms with van der Waals surface area (Å²) in [4.78, 5) is 3.48. The predicted octanol–water partition coefficient (Wildman–Crippen LogP) is 10.1. The van der Waals surface area contributed by atoms with Crippen LogP contribution < -0.4 is 0 Å². The molecule has 0 aromatic carbocycles. The Bertz CT molecular complexity index is 471. The number of nitrogens with one attached hydrogen (secondary N) is 1. The maximum atomic E-state index is 3.48. The summed E-state index contributed by atoms with van der Waals surface area (Å²) < 4.78 is 0. The maximum absolute atomic E-state index is 3.48. The van der Waals surface area contributed by atoms with Crippen LogP contribution in [-0.2, 0) is 0 Å². The topological polar surface area (TPSA) is 15.8 Å². The van der Waals surface area contributed by atoms with E-state index in [2.05, 4.69) is 50.2 Å². The molecule has 1 aromatic rings. The molecule has 1 nitrogen and oxygen atoms in total. The lowest BCUT2D eigenvalue weighted by atomic mass is 9.90. The zero-order valence-electron chi connectivity index (χ0n) is 20.1. The van der Waals surface area contributed by atoms with Gasteiger partial charge in [0.25, 0.3) is 0 Å². The Hall–Kier alpha value is -0.980. The van der Waals surface area contributed by atoms with Crippen molar-refractivity contribution in [2.45, 2.75) is 142 Å². The van der Waals surface area contributed by atoms with Crippen molar-refractivity contribution in [2.75, 3.05) is 0 Å². The second-order valence-corrected chi connectivity index (χ2v) is 9.15. The van der Waals surface area contributed by atoms with E-state index in [-0.39, 0.29) is 0 Å². The highest BCUT2D eigenvalue weighted by atomic mass is 14.7. The van der Waals surface area contributed by atoms with E-state index >= 15 is 0 Å². The van der Waals surface area contributed by atoms with Gasteiger partial charge in [0.2, 0.25) is 0 Å². The molecule has 0 bridgehead atoms. The van der Waals surface area contributed by atoms with Crippen molar-refractivity contribution in [1.29, 1.82) is 0 Å². The van der Waals surface area contributed by atoms with Gasteiger partial charge >= 0.3 is 0 Å². The van der Waals surface area contributed by atoms with Gasteiger partial charge in [0, 0.05) is 17.8 Å². The molecule has 0 aliphatic heterocycles. The van der Waals surface area contributed by atoms with Gasteiger partial charge in [0.1, 0.15) is 0 Å². The summed E-state index contributed by atoms with van der Waals surface area (Å²) in [5.74, 6) is 0.597. The van der Waals surface area contributed by atoms with Gasteiger partial charge in [-0.2, -0.15) is 0 Å². The van der Waals surface area contributed by atoms with Crippen molar-refractivity contribution in [1.82, 2.24) is 4.98 Å². The molecule has 1 N–H and O–H groups in total. The first kappa shape index (κ1) is 26.1. The summed E-state index contributed by atoms with van der Waals surface area (Å²) in [6, 6.07) is 4.43.